The first kappa shape index (κ1) is 7.14. The van der Waals surface area contributed by atoms with Gasteiger partial charge in [0, 0.05) is 0 Å². The molecule has 0 saturated heterocycles. The van der Waals surface area contributed by atoms with Crippen molar-refractivity contribution in [2.24, 2.45) is 0 Å². The lowest BCUT2D eigenvalue weighted by Crippen LogP contribution is -1.93. The number of carboxylic acid groups (broad SMARTS) is 1. The van der Waals surface area contributed by atoms with Crippen molar-refractivity contribution in [2.45, 2.75) is 13.3 Å². The minimum atomic E-state index is -1.49. The summed E-state index contributed by atoms with van der Waals surface area (Å²) in [5.74, 6) is -2.57. The Kier molecular flexibility index (Phi) is 2.84. The van der Waals surface area contributed by atoms with Crippen molar-refractivity contribution >= 4 is 5.97 Å². The van der Waals surface area contributed by atoms with Crippen molar-refractivity contribution in [3.8, 4) is 0 Å². The monoisotopic (exact) mass is 118 g/mol. The van der Waals surface area contributed by atoms with E-state index in [9.17, 15) is 9.18 Å². The molecule has 0 aliphatic carbocycles. The summed E-state index contributed by atoms with van der Waals surface area (Å²) in [4.78, 5) is 9.65. The van der Waals surface area contributed by atoms with Crippen LogP contribution in [0.1, 0.15) is 13.3 Å². The van der Waals surface area contributed by atoms with Gasteiger partial charge in [0.1, 0.15) is 0 Å². The highest BCUT2D eigenvalue weighted by Crippen LogP contribution is 1.96. The van der Waals surface area contributed by atoms with E-state index >= 15 is 0 Å². The lowest BCUT2D eigenvalue weighted by atomic mass is 10.4. The molecule has 0 aliphatic heterocycles. The Labute approximate surface area is 46.6 Å². The Bertz CT molecular complexity index is 118. The van der Waals surface area contributed by atoms with Gasteiger partial charge in [-0.2, -0.15) is 4.39 Å². The first-order chi connectivity index (χ1) is 3.68. The average molecular weight is 118 g/mol. The van der Waals surface area contributed by atoms with E-state index in [4.69, 9.17) is 5.11 Å². The maximum Gasteiger partial charge on any atom is 0.364 e. The normalized spacial score (nSPS) is 11.5. The molecule has 3 heteroatoms. The summed E-state index contributed by atoms with van der Waals surface area (Å²) >= 11 is 0. The van der Waals surface area contributed by atoms with Gasteiger partial charge in [0.25, 0.3) is 0 Å². The predicted octanol–water partition coefficient (Wildman–Crippen LogP) is 1.33. The fourth-order valence-electron chi connectivity index (χ4n) is 0.267. The quantitative estimate of drug-likeness (QED) is 0.555. The number of aliphatic carboxylic acids is 1. The second-order valence-electron chi connectivity index (χ2n) is 1.27. The highest BCUT2D eigenvalue weighted by atomic mass is 19.1. The van der Waals surface area contributed by atoms with Crippen LogP contribution in [0.5, 0.6) is 0 Å². The van der Waals surface area contributed by atoms with E-state index in [-0.39, 0.29) is 0 Å². The summed E-state index contributed by atoms with van der Waals surface area (Å²) in [7, 11) is 0. The fourth-order valence-corrected chi connectivity index (χ4v) is 0.267. The zero-order valence-electron chi connectivity index (χ0n) is 4.52. The number of rotatable bonds is 2. The molecule has 46 valence electrons. The van der Waals surface area contributed by atoms with Gasteiger partial charge < -0.3 is 5.11 Å². The van der Waals surface area contributed by atoms with Crippen molar-refractivity contribution in [1.82, 2.24) is 0 Å². The van der Waals surface area contributed by atoms with Crippen molar-refractivity contribution in [2.75, 3.05) is 0 Å². The predicted molar refractivity (Wildman–Crippen MR) is 27.1 cm³/mol. The van der Waals surface area contributed by atoms with Gasteiger partial charge in [-0.15, -0.1) is 0 Å². The molecule has 0 aromatic heterocycles. The molecular weight excluding hydrogens is 111 g/mol. The van der Waals surface area contributed by atoms with E-state index in [1.54, 1.807) is 6.92 Å². The van der Waals surface area contributed by atoms with Gasteiger partial charge in [-0.05, 0) is 12.5 Å². The molecule has 0 unspecified atom stereocenters. The van der Waals surface area contributed by atoms with Crippen molar-refractivity contribution in [3.05, 3.63) is 11.9 Å². The standard InChI is InChI=1S/C5H7FO2/c1-2-3-4(6)5(7)8/h3H,2H2,1H3,(H,7,8). The number of hydrogen-bond donors (Lipinski definition) is 1. The smallest absolute Gasteiger partial charge is 0.364 e. The van der Waals surface area contributed by atoms with E-state index in [2.05, 4.69) is 0 Å². The van der Waals surface area contributed by atoms with Gasteiger partial charge in [-0.25, -0.2) is 4.79 Å². The van der Waals surface area contributed by atoms with E-state index in [0.717, 1.165) is 6.08 Å². The zero-order valence-corrected chi connectivity index (χ0v) is 4.52. The van der Waals surface area contributed by atoms with Crippen LogP contribution in [0.3, 0.4) is 0 Å². The Hall–Kier alpha value is -0.860. The third kappa shape index (κ3) is 2.34. The summed E-state index contributed by atoms with van der Waals surface area (Å²) in [5.41, 5.74) is 0. The molecular formula is C5H7FO2. The Morgan fingerprint density at radius 3 is 2.50 bits per heavy atom. The Balaban J connectivity index is 3.80. The van der Waals surface area contributed by atoms with Crippen LogP contribution < -0.4 is 0 Å². The van der Waals surface area contributed by atoms with Crippen LogP contribution in [0.4, 0.5) is 4.39 Å². The third-order valence-electron chi connectivity index (χ3n) is 0.588. The maximum absolute atomic E-state index is 11.8. The molecule has 0 saturated carbocycles. The Morgan fingerprint density at radius 1 is 1.88 bits per heavy atom. The topological polar surface area (TPSA) is 37.3 Å². The van der Waals surface area contributed by atoms with Crippen LogP contribution in [-0.4, -0.2) is 11.1 Å². The third-order valence-corrected chi connectivity index (χ3v) is 0.588. The van der Waals surface area contributed by atoms with Crippen molar-refractivity contribution in [1.29, 1.82) is 0 Å². The van der Waals surface area contributed by atoms with Gasteiger partial charge in [-0.1, -0.05) is 6.92 Å². The number of hydrogen-bond acceptors (Lipinski definition) is 1. The average Bonchev–Trinajstić information content (AvgIpc) is 1.67. The largest absolute Gasteiger partial charge is 0.476 e. The molecule has 8 heavy (non-hydrogen) atoms. The first-order valence-electron chi connectivity index (χ1n) is 2.27. The van der Waals surface area contributed by atoms with Crippen LogP contribution in [0.2, 0.25) is 0 Å². The van der Waals surface area contributed by atoms with Crippen LogP contribution in [-0.2, 0) is 4.79 Å². The van der Waals surface area contributed by atoms with E-state index in [1.165, 1.54) is 0 Å². The SMILES string of the molecule is CCC=C(F)C(=O)O. The van der Waals surface area contributed by atoms with Gasteiger partial charge >= 0.3 is 5.97 Å². The van der Waals surface area contributed by atoms with Crippen LogP contribution >= 0.6 is 0 Å². The molecule has 0 aliphatic rings. The van der Waals surface area contributed by atoms with Crippen LogP contribution in [0.25, 0.3) is 0 Å². The number of carboxylic acids is 1. The molecule has 0 aromatic carbocycles. The second-order valence-corrected chi connectivity index (χ2v) is 1.27. The molecule has 0 aromatic rings. The van der Waals surface area contributed by atoms with Gasteiger partial charge in [0.2, 0.25) is 5.83 Å². The highest BCUT2D eigenvalue weighted by molar-refractivity contribution is 5.83. The lowest BCUT2D eigenvalue weighted by Gasteiger charge is -1.82. The molecule has 0 amide bonds. The minimum Gasteiger partial charge on any atom is -0.476 e. The first-order valence-corrected chi connectivity index (χ1v) is 2.27. The zero-order chi connectivity index (χ0) is 6.57. The van der Waals surface area contributed by atoms with E-state index in [0.29, 0.717) is 6.42 Å². The molecule has 0 fully saturated rings. The molecule has 0 heterocycles. The van der Waals surface area contributed by atoms with Gasteiger partial charge in [0.15, 0.2) is 0 Å². The van der Waals surface area contributed by atoms with Gasteiger partial charge in [-0.3, -0.25) is 0 Å². The molecule has 2 nitrogen and oxygen atoms in total. The number of halogens is 1. The van der Waals surface area contributed by atoms with Crippen LogP contribution in [0.15, 0.2) is 11.9 Å². The number of carbonyl (C=O) groups is 1. The lowest BCUT2D eigenvalue weighted by molar-refractivity contribution is -0.134. The number of allylic oxidation sites excluding steroid dienone is 1. The van der Waals surface area contributed by atoms with E-state index in [1.807, 2.05) is 0 Å². The van der Waals surface area contributed by atoms with Crippen molar-refractivity contribution < 1.29 is 14.3 Å². The van der Waals surface area contributed by atoms with Crippen LogP contribution in [0, 0.1) is 0 Å². The molecule has 0 radical (unpaired) electrons. The minimum absolute atomic E-state index is 0.415. The molecule has 0 atom stereocenters. The summed E-state index contributed by atoms with van der Waals surface area (Å²) in [6.45, 7) is 1.67. The Morgan fingerprint density at radius 2 is 2.38 bits per heavy atom. The summed E-state index contributed by atoms with van der Waals surface area (Å²) in [6.07, 6.45) is 1.43. The highest BCUT2D eigenvalue weighted by Gasteiger charge is 2.01. The summed E-state index contributed by atoms with van der Waals surface area (Å²) in [5, 5.41) is 7.87. The van der Waals surface area contributed by atoms with E-state index < -0.39 is 11.8 Å². The summed E-state index contributed by atoms with van der Waals surface area (Å²) < 4.78 is 11.8. The fraction of sp³-hybridized carbons (Fsp3) is 0.400. The molecule has 1 N–H and O–H groups in total. The summed E-state index contributed by atoms with van der Waals surface area (Å²) in [6, 6.07) is 0. The molecule has 0 bridgehead atoms. The molecule has 0 spiro atoms. The molecule has 0 rings (SSSR count). The second kappa shape index (κ2) is 3.18. The van der Waals surface area contributed by atoms with Gasteiger partial charge in [0.05, 0.1) is 0 Å². The van der Waals surface area contributed by atoms with Crippen molar-refractivity contribution in [3.63, 3.8) is 0 Å². The maximum atomic E-state index is 11.8.